The van der Waals surface area contributed by atoms with E-state index in [1.807, 2.05) is 60.8 Å². The molecule has 0 heterocycles. The van der Waals surface area contributed by atoms with Crippen molar-refractivity contribution in [1.29, 1.82) is 0 Å². The number of rotatable bonds is 47. The molecule has 3 unspecified atom stereocenters. The maximum absolute atomic E-state index is 13.2. The summed E-state index contributed by atoms with van der Waals surface area (Å²) < 4.78 is 5.90. The second-order valence-corrected chi connectivity index (χ2v) is 18.0. The van der Waals surface area contributed by atoms with E-state index in [1.54, 1.807) is 0 Å². The van der Waals surface area contributed by atoms with E-state index in [-0.39, 0.29) is 24.9 Å². The van der Waals surface area contributed by atoms with Gasteiger partial charge < -0.3 is 20.3 Å². The Hall–Kier alpha value is -3.22. The summed E-state index contributed by atoms with van der Waals surface area (Å²) in [6.45, 7) is 6.22. The molecule has 6 heteroatoms. The SMILES string of the molecule is CC\C=C/C=C/C=C/C=C\C=C\C=C\CCCC(CC(=O)NC(CO)C(O)CCCCCCCCCCCCCCCCCCC)OC(=O)CCCCCCCCC/C=C/C/C=C/CC. The molecule has 0 rings (SSSR count). The Morgan fingerprint density at radius 1 is 0.477 bits per heavy atom. The van der Waals surface area contributed by atoms with Gasteiger partial charge in [0.15, 0.2) is 0 Å². The fourth-order valence-electron chi connectivity index (χ4n) is 7.80. The maximum Gasteiger partial charge on any atom is 0.306 e. The van der Waals surface area contributed by atoms with Gasteiger partial charge in [-0.15, -0.1) is 0 Å². The Morgan fingerprint density at radius 3 is 1.45 bits per heavy atom. The highest BCUT2D eigenvalue weighted by atomic mass is 16.5. The van der Waals surface area contributed by atoms with Crippen LogP contribution in [0.1, 0.15) is 239 Å². The van der Waals surface area contributed by atoms with Gasteiger partial charge in [0, 0.05) is 6.42 Å². The van der Waals surface area contributed by atoms with Crippen molar-refractivity contribution in [3.63, 3.8) is 0 Å². The molecule has 0 aromatic heterocycles. The normalized spacial score (nSPS) is 14.0. The fourth-order valence-corrected chi connectivity index (χ4v) is 7.80. The minimum Gasteiger partial charge on any atom is -0.462 e. The van der Waals surface area contributed by atoms with Gasteiger partial charge in [-0.25, -0.2) is 0 Å². The van der Waals surface area contributed by atoms with Gasteiger partial charge in [0.05, 0.1) is 25.2 Å². The molecule has 372 valence electrons. The highest BCUT2D eigenvalue weighted by Gasteiger charge is 2.24. The highest BCUT2D eigenvalue weighted by molar-refractivity contribution is 5.77. The number of nitrogens with one attached hydrogen (secondary N) is 1. The van der Waals surface area contributed by atoms with Crippen molar-refractivity contribution in [2.75, 3.05) is 6.61 Å². The number of aliphatic hydroxyl groups excluding tert-OH is 2. The predicted octanol–water partition coefficient (Wildman–Crippen LogP) is 16.5. The molecule has 0 radical (unpaired) electrons. The third-order valence-electron chi connectivity index (χ3n) is 11.8. The van der Waals surface area contributed by atoms with E-state index in [4.69, 9.17) is 4.74 Å². The molecular weight excluding hydrogens is 803 g/mol. The van der Waals surface area contributed by atoms with E-state index < -0.39 is 18.2 Å². The van der Waals surface area contributed by atoms with E-state index in [2.05, 4.69) is 62.5 Å². The Kier molecular flexibility index (Phi) is 49.2. The van der Waals surface area contributed by atoms with E-state index >= 15 is 0 Å². The first-order valence-corrected chi connectivity index (χ1v) is 27.0. The lowest BCUT2D eigenvalue weighted by atomic mass is 10.0. The number of amides is 1. The van der Waals surface area contributed by atoms with Crippen molar-refractivity contribution in [1.82, 2.24) is 5.32 Å². The van der Waals surface area contributed by atoms with Crippen molar-refractivity contribution < 1.29 is 24.5 Å². The molecular formula is C59H101NO5. The molecule has 0 aliphatic carbocycles. The van der Waals surface area contributed by atoms with Gasteiger partial charge in [-0.05, 0) is 64.2 Å². The lowest BCUT2D eigenvalue weighted by molar-refractivity contribution is -0.151. The van der Waals surface area contributed by atoms with Crippen LogP contribution in [-0.4, -0.2) is 46.9 Å². The zero-order valence-corrected chi connectivity index (χ0v) is 42.3. The number of ether oxygens (including phenoxy) is 1. The summed E-state index contributed by atoms with van der Waals surface area (Å²) in [7, 11) is 0. The molecule has 6 nitrogen and oxygen atoms in total. The van der Waals surface area contributed by atoms with Crippen LogP contribution in [0.4, 0.5) is 0 Å². The summed E-state index contributed by atoms with van der Waals surface area (Å²) >= 11 is 0. The van der Waals surface area contributed by atoms with Crippen LogP contribution >= 0.6 is 0 Å². The van der Waals surface area contributed by atoms with E-state index in [9.17, 15) is 19.8 Å². The summed E-state index contributed by atoms with van der Waals surface area (Å²) in [5.41, 5.74) is 0. The smallest absolute Gasteiger partial charge is 0.306 e. The lowest BCUT2D eigenvalue weighted by Crippen LogP contribution is -2.46. The number of hydrogen-bond acceptors (Lipinski definition) is 5. The highest BCUT2D eigenvalue weighted by Crippen LogP contribution is 2.17. The quantitative estimate of drug-likeness (QED) is 0.0245. The number of carbonyl (C=O) groups excluding carboxylic acids is 2. The number of esters is 1. The summed E-state index contributed by atoms with van der Waals surface area (Å²) in [6, 6.07) is -0.733. The fraction of sp³-hybridized carbons (Fsp3) is 0.695. The first kappa shape index (κ1) is 61.8. The minimum atomic E-state index is -0.815. The van der Waals surface area contributed by atoms with Gasteiger partial charge >= 0.3 is 5.97 Å². The summed E-state index contributed by atoms with van der Waals surface area (Å²) in [6.07, 6.45) is 69.0. The van der Waals surface area contributed by atoms with Gasteiger partial charge in [0.2, 0.25) is 5.91 Å². The van der Waals surface area contributed by atoms with Crippen LogP contribution in [-0.2, 0) is 14.3 Å². The van der Waals surface area contributed by atoms with E-state index in [0.717, 1.165) is 77.0 Å². The zero-order valence-electron chi connectivity index (χ0n) is 42.3. The molecule has 0 saturated carbocycles. The van der Waals surface area contributed by atoms with Gasteiger partial charge in [-0.2, -0.15) is 0 Å². The van der Waals surface area contributed by atoms with Crippen molar-refractivity contribution in [3.8, 4) is 0 Å². The number of hydrogen-bond donors (Lipinski definition) is 3. The summed E-state index contributed by atoms with van der Waals surface area (Å²) in [4.78, 5) is 26.2. The van der Waals surface area contributed by atoms with Crippen LogP contribution in [0.15, 0.2) is 97.2 Å². The molecule has 1 amide bonds. The first-order valence-electron chi connectivity index (χ1n) is 27.0. The zero-order chi connectivity index (χ0) is 47.4. The number of carbonyl (C=O) groups is 2. The van der Waals surface area contributed by atoms with Gasteiger partial charge in [0.1, 0.15) is 6.10 Å². The molecule has 65 heavy (non-hydrogen) atoms. The predicted molar refractivity (Wildman–Crippen MR) is 282 cm³/mol. The molecule has 0 aromatic rings. The average molecular weight is 904 g/mol. The second kappa shape index (κ2) is 51.8. The van der Waals surface area contributed by atoms with Crippen LogP contribution in [0.3, 0.4) is 0 Å². The standard InChI is InChI=1S/C59H101NO5/c1-4-7-10-13-16-19-22-25-28-29-31-33-36-39-42-45-48-51-57(62)56(54-61)60-58(63)53-55(50-47-44-41-38-35-32-30-26-23-20-17-14-11-8-5-2)65-59(64)52-49-46-43-40-37-34-27-24-21-18-15-12-9-6-3/h8-9,11-12,14,17-18,20-21,23,26,30,32,35,38,41,55-57,61-62H,4-7,10,13,15-16,19,22,24-25,27-29,31,33-34,36-37,39-40,42-54H2,1-3H3,(H,60,63)/b11-8-,12-9+,17-14+,21-18+,23-20+,30-26-,35-32+,41-38+. The largest absolute Gasteiger partial charge is 0.462 e. The summed E-state index contributed by atoms with van der Waals surface area (Å²) in [5.74, 6) is -0.563. The van der Waals surface area contributed by atoms with Crippen LogP contribution in [0.25, 0.3) is 0 Å². The Morgan fingerprint density at radius 2 is 0.923 bits per heavy atom. The number of allylic oxidation sites excluding steroid dienone is 16. The van der Waals surface area contributed by atoms with E-state index in [0.29, 0.717) is 19.3 Å². The van der Waals surface area contributed by atoms with Crippen molar-refractivity contribution in [2.45, 2.75) is 257 Å². The molecule has 0 spiro atoms. The van der Waals surface area contributed by atoms with Crippen molar-refractivity contribution in [3.05, 3.63) is 97.2 Å². The Balaban J connectivity index is 4.67. The minimum absolute atomic E-state index is 0.0186. The maximum atomic E-state index is 13.2. The van der Waals surface area contributed by atoms with Gasteiger partial charge in [-0.1, -0.05) is 259 Å². The van der Waals surface area contributed by atoms with E-state index in [1.165, 1.54) is 116 Å². The molecule has 0 aromatic carbocycles. The van der Waals surface area contributed by atoms with Crippen molar-refractivity contribution in [2.24, 2.45) is 0 Å². The number of unbranched alkanes of at least 4 members (excludes halogenated alkanes) is 24. The van der Waals surface area contributed by atoms with Gasteiger partial charge in [0.25, 0.3) is 0 Å². The number of aliphatic hydroxyl groups is 2. The monoisotopic (exact) mass is 904 g/mol. The second-order valence-electron chi connectivity index (χ2n) is 18.0. The molecule has 3 atom stereocenters. The third-order valence-corrected chi connectivity index (χ3v) is 11.8. The molecule has 0 bridgehead atoms. The summed E-state index contributed by atoms with van der Waals surface area (Å²) in [5, 5.41) is 23.8. The van der Waals surface area contributed by atoms with Crippen LogP contribution in [0.5, 0.6) is 0 Å². The average Bonchev–Trinajstić information content (AvgIpc) is 3.30. The third kappa shape index (κ3) is 47.1. The first-order chi connectivity index (χ1) is 32.0. The Bertz CT molecular complexity index is 1290. The molecule has 0 aliphatic rings. The lowest BCUT2D eigenvalue weighted by Gasteiger charge is -2.24. The molecule has 0 saturated heterocycles. The molecule has 0 fully saturated rings. The molecule has 0 aliphatic heterocycles. The van der Waals surface area contributed by atoms with Crippen LogP contribution in [0, 0.1) is 0 Å². The van der Waals surface area contributed by atoms with Crippen LogP contribution < -0.4 is 5.32 Å². The van der Waals surface area contributed by atoms with Crippen LogP contribution in [0.2, 0.25) is 0 Å². The topological polar surface area (TPSA) is 95.9 Å². The van der Waals surface area contributed by atoms with Crippen molar-refractivity contribution >= 4 is 11.9 Å². The molecule has 3 N–H and O–H groups in total. The Labute approximate surface area is 401 Å². The van der Waals surface area contributed by atoms with Gasteiger partial charge in [-0.3, -0.25) is 9.59 Å².